The van der Waals surface area contributed by atoms with E-state index in [0.29, 0.717) is 5.56 Å². The molecular weight excluding hydrogens is 349 g/mol. The van der Waals surface area contributed by atoms with E-state index < -0.39 is 17.6 Å². The average Bonchev–Trinajstić information content (AvgIpc) is 2.59. The largest absolute Gasteiger partial charge is 0.477 e. The Hall–Kier alpha value is -3.28. The van der Waals surface area contributed by atoms with Gasteiger partial charge in [-0.2, -0.15) is 18.4 Å². The SMILES string of the molecule is CCOc1nc(C(=O)NCc2ccc(C(F)(F)F)cc2)cc(N)c1C#N. The van der Waals surface area contributed by atoms with Gasteiger partial charge in [-0.05, 0) is 30.7 Å². The molecule has 0 radical (unpaired) electrons. The van der Waals surface area contributed by atoms with E-state index in [4.69, 9.17) is 15.7 Å². The number of pyridine rings is 1. The molecule has 3 N–H and O–H groups in total. The first kappa shape index (κ1) is 19.1. The third-order valence-electron chi connectivity index (χ3n) is 3.38. The zero-order valence-electron chi connectivity index (χ0n) is 13.7. The fourth-order valence-electron chi connectivity index (χ4n) is 2.09. The molecule has 1 aromatic heterocycles. The summed E-state index contributed by atoms with van der Waals surface area (Å²) in [6.45, 7) is 1.93. The van der Waals surface area contributed by atoms with Crippen LogP contribution in [-0.4, -0.2) is 17.5 Å². The smallest absolute Gasteiger partial charge is 0.416 e. The highest BCUT2D eigenvalue weighted by molar-refractivity contribution is 5.93. The van der Waals surface area contributed by atoms with Crippen molar-refractivity contribution >= 4 is 11.6 Å². The van der Waals surface area contributed by atoms with Crippen molar-refractivity contribution < 1.29 is 22.7 Å². The van der Waals surface area contributed by atoms with Gasteiger partial charge in [-0.25, -0.2) is 4.98 Å². The molecule has 0 saturated heterocycles. The summed E-state index contributed by atoms with van der Waals surface area (Å²) in [6, 6.07) is 7.51. The van der Waals surface area contributed by atoms with E-state index in [0.717, 1.165) is 12.1 Å². The zero-order valence-corrected chi connectivity index (χ0v) is 13.7. The van der Waals surface area contributed by atoms with Gasteiger partial charge < -0.3 is 15.8 Å². The molecule has 1 amide bonds. The Bertz CT molecular complexity index is 843. The third-order valence-corrected chi connectivity index (χ3v) is 3.38. The van der Waals surface area contributed by atoms with E-state index in [-0.39, 0.29) is 36.0 Å². The van der Waals surface area contributed by atoms with Crippen LogP contribution in [0.25, 0.3) is 0 Å². The number of carbonyl (C=O) groups is 1. The van der Waals surface area contributed by atoms with Crippen LogP contribution in [0.1, 0.15) is 34.1 Å². The Balaban J connectivity index is 2.12. The summed E-state index contributed by atoms with van der Waals surface area (Å²) < 4.78 is 42.8. The standard InChI is InChI=1S/C17H15F3N4O2/c1-2-26-16-12(8-21)13(22)7-14(24-16)15(25)23-9-10-3-5-11(6-4-10)17(18,19)20/h3-7H,2,9H2,1H3,(H2,22,24)(H,23,25). The second-order valence-corrected chi connectivity index (χ2v) is 5.20. The number of nitriles is 1. The Labute approximate surface area is 147 Å². The maximum absolute atomic E-state index is 12.5. The quantitative estimate of drug-likeness (QED) is 0.850. The molecule has 2 aromatic rings. The van der Waals surface area contributed by atoms with E-state index in [1.165, 1.54) is 18.2 Å². The fourth-order valence-corrected chi connectivity index (χ4v) is 2.09. The monoisotopic (exact) mass is 364 g/mol. The molecule has 0 aliphatic carbocycles. The van der Waals surface area contributed by atoms with Crippen LogP contribution in [0.3, 0.4) is 0 Å². The van der Waals surface area contributed by atoms with Crippen LogP contribution in [0.5, 0.6) is 5.88 Å². The molecule has 0 saturated carbocycles. The van der Waals surface area contributed by atoms with Gasteiger partial charge in [0, 0.05) is 6.54 Å². The summed E-state index contributed by atoms with van der Waals surface area (Å²) in [5.41, 5.74) is 5.47. The van der Waals surface area contributed by atoms with Crippen molar-refractivity contribution in [3.05, 3.63) is 52.7 Å². The number of nitrogens with zero attached hydrogens (tertiary/aromatic N) is 2. The van der Waals surface area contributed by atoms with E-state index in [9.17, 15) is 18.0 Å². The van der Waals surface area contributed by atoms with Crippen LogP contribution < -0.4 is 15.8 Å². The number of amides is 1. The molecule has 2 rings (SSSR count). The van der Waals surface area contributed by atoms with Gasteiger partial charge in [0.15, 0.2) is 0 Å². The summed E-state index contributed by atoms with van der Waals surface area (Å²) in [5.74, 6) is -0.642. The van der Waals surface area contributed by atoms with Crippen molar-refractivity contribution in [3.63, 3.8) is 0 Å². The molecule has 9 heteroatoms. The van der Waals surface area contributed by atoms with Crippen LogP contribution in [0.4, 0.5) is 18.9 Å². The van der Waals surface area contributed by atoms with Gasteiger partial charge in [-0.3, -0.25) is 4.79 Å². The Morgan fingerprint density at radius 3 is 2.54 bits per heavy atom. The zero-order chi connectivity index (χ0) is 19.3. The number of alkyl halides is 3. The normalized spacial score (nSPS) is 10.9. The van der Waals surface area contributed by atoms with Crippen molar-refractivity contribution in [2.45, 2.75) is 19.6 Å². The lowest BCUT2D eigenvalue weighted by Gasteiger charge is -2.11. The predicted octanol–water partition coefficient (Wildman–Crippen LogP) is 2.88. The van der Waals surface area contributed by atoms with Crippen LogP contribution in [0, 0.1) is 11.3 Å². The van der Waals surface area contributed by atoms with Gasteiger partial charge in [-0.15, -0.1) is 0 Å². The first-order valence-electron chi connectivity index (χ1n) is 7.54. The molecule has 0 aliphatic rings. The van der Waals surface area contributed by atoms with Gasteiger partial charge in [0.05, 0.1) is 17.9 Å². The number of carbonyl (C=O) groups excluding carboxylic acids is 1. The number of benzene rings is 1. The minimum atomic E-state index is -4.42. The maximum Gasteiger partial charge on any atom is 0.416 e. The highest BCUT2D eigenvalue weighted by atomic mass is 19.4. The molecule has 0 bridgehead atoms. The van der Waals surface area contributed by atoms with Crippen LogP contribution in [-0.2, 0) is 12.7 Å². The van der Waals surface area contributed by atoms with Gasteiger partial charge in [0.1, 0.15) is 17.3 Å². The number of rotatable bonds is 5. The average molecular weight is 364 g/mol. The molecule has 6 nitrogen and oxygen atoms in total. The summed E-state index contributed by atoms with van der Waals surface area (Å²) in [5, 5.41) is 11.6. The molecular formula is C17H15F3N4O2. The maximum atomic E-state index is 12.5. The third kappa shape index (κ3) is 4.42. The van der Waals surface area contributed by atoms with Crippen molar-refractivity contribution in [3.8, 4) is 11.9 Å². The van der Waals surface area contributed by atoms with Gasteiger partial charge >= 0.3 is 6.18 Å². The number of aromatic nitrogens is 1. The number of hydrogen-bond donors (Lipinski definition) is 2. The highest BCUT2D eigenvalue weighted by Gasteiger charge is 2.29. The van der Waals surface area contributed by atoms with E-state index in [1.54, 1.807) is 6.92 Å². The molecule has 0 aliphatic heterocycles. The summed E-state index contributed by atoms with van der Waals surface area (Å²) >= 11 is 0. The molecule has 0 fully saturated rings. The highest BCUT2D eigenvalue weighted by Crippen LogP contribution is 2.29. The minimum absolute atomic E-state index is 0.00250. The molecule has 0 unspecified atom stereocenters. The van der Waals surface area contributed by atoms with E-state index >= 15 is 0 Å². The van der Waals surface area contributed by atoms with Crippen LogP contribution >= 0.6 is 0 Å². The summed E-state index contributed by atoms with van der Waals surface area (Å²) in [7, 11) is 0. The molecule has 0 atom stereocenters. The minimum Gasteiger partial charge on any atom is -0.477 e. The number of nitrogens with one attached hydrogen (secondary N) is 1. The van der Waals surface area contributed by atoms with Crippen molar-refractivity contribution in [2.75, 3.05) is 12.3 Å². The topological polar surface area (TPSA) is 101 Å². The number of halogens is 3. The second-order valence-electron chi connectivity index (χ2n) is 5.20. The van der Waals surface area contributed by atoms with Crippen LogP contribution in [0.2, 0.25) is 0 Å². The van der Waals surface area contributed by atoms with Crippen molar-refractivity contribution in [2.24, 2.45) is 0 Å². The lowest BCUT2D eigenvalue weighted by Crippen LogP contribution is -2.24. The predicted molar refractivity (Wildman–Crippen MR) is 87.1 cm³/mol. The number of hydrogen-bond acceptors (Lipinski definition) is 5. The first-order chi connectivity index (χ1) is 12.3. The summed E-state index contributed by atoms with van der Waals surface area (Å²) in [4.78, 5) is 16.2. The summed E-state index contributed by atoms with van der Waals surface area (Å²) in [6.07, 6.45) is -4.42. The Morgan fingerprint density at radius 2 is 2.00 bits per heavy atom. The number of nitrogen functional groups attached to an aromatic ring is 1. The molecule has 136 valence electrons. The molecule has 1 aromatic carbocycles. The lowest BCUT2D eigenvalue weighted by molar-refractivity contribution is -0.137. The molecule has 26 heavy (non-hydrogen) atoms. The van der Waals surface area contributed by atoms with Crippen LogP contribution in [0.15, 0.2) is 30.3 Å². The van der Waals surface area contributed by atoms with Gasteiger partial charge in [0.2, 0.25) is 5.88 Å². The first-order valence-corrected chi connectivity index (χ1v) is 7.54. The Morgan fingerprint density at radius 1 is 1.35 bits per heavy atom. The lowest BCUT2D eigenvalue weighted by atomic mass is 10.1. The number of nitrogens with two attached hydrogens (primary N) is 1. The molecule has 0 spiro atoms. The van der Waals surface area contributed by atoms with E-state index in [2.05, 4.69) is 10.3 Å². The van der Waals surface area contributed by atoms with Crippen molar-refractivity contribution in [1.29, 1.82) is 5.26 Å². The Kier molecular flexibility index (Phi) is 5.67. The number of anilines is 1. The second kappa shape index (κ2) is 7.74. The number of ether oxygens (including phenoxy) is 1. The van der Waals surface area contributed by atoms with E-state index in [1.807, 2.05) is 6.07 Å². The molecule has 1 heterocycles. The fraction of sp³-hybridized carbons (Fsp3) is 0.235. The van der Waals surface area contributed by atoms with Crippen molar-refractivity contribution in [1.82, 2.24) is 10.3 Å². The van der Waals surface area contributed by atoms with Gasteiger partial charge in [0.25, 0.3) is 5.91 Å². The van der Waals surface area contributed by atoms with Gasteiger partial charge in [-0.1, -0.05) is 12.1 Å².